The second-order valence-electron chi connectivity index (χ2n) is 6.61. The lowest BCUT2D eigenvalue weighted by Gasteiger charge is -2.27. The summed E-state index contributed by atoms with van der Waals surface area (Å²) in [6.45, 7) is 0.661. The van der Waals surface area contributed by atoms with Crippen LogP contribution in [0.3, 0.4) is 0 Å². The molecule has 0 unspecified atom stereocenters. The van der Waals surface area contributed by atoms with Gasteiger partial charge in [-0.3, -0.25) is 9.59 Å². The van der Waals surface area contributed by atoms with Crippen LogP contribution in [-0.4, -0.2) is 30.2 Å². The van der Waals surface area contributed by atoms with Crippen molar-refractivity contribution in [3.05, 3.63) is 69.7 Å². The number of imide groups is 1. The first-order valence-electron chi connectivity index (χ1n) is 8.85. The minimum Gasteiger partial charge on any atom is -0.454 e. The zero-order chi connectivity index (χ0) is 19.3. The first kappa shape index (κ1) is 17.2. The van der Waals surface area contributed by atoms with E-state index in [4.69, 9.17) is 9.47 Å². The zero-order valence-electron chi connectivity index (χ0n) is 14.7. The third-order valence-corrected chi connectivity index (χ3v) is 5.67. The second kappa shape index (κ2) is 6.61. The largest absolute Gasteiger partial charge is 0.454 e. The lowest BCUT2D eigenvalue weighted by molar-refractivity contribution is 0.0522. The highest BCUT2D eigenvalue weighted by Crippen LogP contribution is 2.34. The van der Waals surface area contributed by atoms with Crippen molar-refractivity contribution in [1.82, 2.24) is 10.4 Å². The molecule has 2 heterocycles. The van der Waals surface area contributed by atoms with E-state index in [2.05, 4.69) is 21.4 Å². The van der Waals surface area contributed by atoms with Gasteiger partial charge >= 0.3 is 0 Å². The van der Waals surface area contributed by atoms with Crippen LogP contribution < -0.4 is 14.9 Å². The normalized spacial score (nSPS) is 14.8. The van der Waals surface area contributed by atoms with Gasteiger partial charge < -0.3 is 9.47 Å². The fourth-order valence-electron chi connectivity index (χ4n) is 3.61. The van der Waals surface area contributed by atoms with Gasteiger partial charge in [-0.2, -0.15) is 0 Å². The minimum atomic E-state index is -0.341. The Kier molecular flexibility index (Phi) is 4.07. The zero-order valence-corrected chi connectivity index (χ0v) is 16.3. The number of amides is 2. The van der Waals surface area contributed by atoms with Crippen LogP contribution in [0.25, 0.3) is 10.8 Å². The maximum Gasteiger partial charge on any atom is 0.275 e. The number of nitrogens with zero attached hydrogens (tertiary/aromatic N) is 1. The van der Waals surface area contributed by atoms with Crippen molar-refractivity contribution in [2.75, 3.05) is 13.3 Å². The summed E-state index contributed by atoms with van der Waals surface area (Å²) in [5.41, 5.74) is 5.05. The monoisotopic (exact) mass is 438 g/mol. The van der Waals surface area contributed by atoms with Gasteiger partial charge in [-0.15, -0.1) is 0 Å². The molecule has 0 aliphatic carbocycles. The van der Waals surface area contributed by atoms with E-state index in [1.807, 2.05) is 36.4 Å². The van der Waals surface area contributed by atoms with E-state index < -0.39 is 0 Å². The average molecular weight is 439 g/mol. The molecule has 3 aromatic carbocycles. The van der Waals surface area contributed by atoms with E-state index in [1.165, 1.54) is 0 Å². The van der Waals surface area contributed by atoms with Gasteiger partial charge in [0.2, 0.25) is 6.79 Å². The molecule has 28 heavy (non-hydrogen) atoms. The first-order chi connectivity index (χ1) is 13.6. The van der Waals surface area contributed by atoms with Crippen molar-refractivity contribution >= 4 is 38.5 Å². The summed E-state index contributed by atoms with van der Waals surface area (Å²) in [4.78, 5) is 25.8. The first-order valence-corrected chi connectivity index (χ1v) is 9.65. The van der Waals surface area contributed by atoms with E-state index in [9.17, 15) is 9.59 Å². The number of rotatable bonds is 4. The Labute approximate surface area is 169 Å². The molecule has 0 saturated heterocycles. The van der Waals surface area contributed by atoms with E-state index in [0.717, 1.165) is 26.2 Å². The Morgan fingerprint density at radius 1 is 0.964 bits per heavy atom. The summed E-state index contributed by atoms with van der Waals surface area (Å²) in [6.07, 6.45) is 0.630. The van der Waals surface area contributed by atoms with E-state index in [0.29, 0.717) is 35.2 Å². The van der Waals surface area contributed by atoms with Gasteiger partial charge in [0, 0.05) is 16.4 Å². The molecule has 0 saturated carbocycles. The highest BCUT2D eigenvalue weighted by atomic mass is 79.9. The van der Waals surface area contributed by atoms with Crippen LogP contribution in [0.15, 0.2) is 53.0 Å². The molecule has 2 aliphatic rings. The van der Waals surface area contributed by atoms with Crippen LogP contribution in [0, 0.1) is 0 Å². The average Bonchev–Trinajstić information content (AvgIpc) is 3.17. The molecule has 1 N–H and O–H groups in total. The summed E-state index contributed by atoms with van der Waals surface area (Å²) >= 11 is 3.49. The smallest absolute Gasteiger partial charge is 0.275 e. The van der Waals surface area contributed by atoms with Crippen LogP contribution in [0.5, 0.6) is 11.5 Å². The summed E-state index contributed by atoms with van der Waals surface area (Å²) < 4.78 is 11.6. The number of hydrogen-bond acceptors (Lipinski definition) is 5. The Hall–Kier alpha value is -2.90. The van der Waals surface area contributed by atoms with Crippen LogP contribution in [0.2, 0.25) is 0 Å². The topological polar surface area (TPSA) is 67.9 Å². The number of hydrogen-bond donors (Lipinski definition) is 1. The van der Waals surface area contributed by atoms with E-state index in [-0.39, 0.29) is 18.6 Å². The van der Waals surface area contributed by atoms with Crippen LogP contribution in [-0.2, 0) is 6.42 Å². The molecule has 0 atom stereocenters. The van der Waals surface area contributed by atoms with Crippen molar-refractivity contribution in [3.63, 3.8) is 0 Å². The lowest BCUT2D eigenvalue weighted by atomic mass is 9.95. The van der Waals surface area contributed by atoms with E-state index in [1.54, 1.807) is 12.1 Å². The van der Waals surface area contributed by atoms with Crippen molar-refractivity contribution in [2.24, 2.45) is 0 Å². The molecule has 2 aliphatic heterocycles. The summed E-state index contributed by atoms with van der Waals surface area (Å²) in [5.74, 6) is 0.765. The highest BCUT2D eigenvalue weighted by Gasteiger charge is 2.33. The summed E-state index contributed by atoms with van der Waals surface area (Å²) in [5, 5.41) is 2.66. The summed E-state index contributed by atoms with van der Waals surface area (Å²) in [6, 6.07) is 14.8. The molecule has 5 rings (SSSR count). The predicted molar refractivity (Wildman–Crippen MR) is 106 cm³/mol. The van der Waals surface area contributed by atoms with Crippen LogP contribution in [0.4, 0.5) is 0 Å². The molecule has 140 valence electrons. The van der Waals surface area contributed by atoms with E-state index >= 15 is 0 Å². The molecule has 7 heteroatoms. The third-order valence-electron chi connectivity index (χ3n) is 4.97. The summed E-state index contributed by atoms with van der Waals surface area (Å²) in [7, 11) is 0. The quantitative estimate of drug-likeness (QED) is 0.629. The third kappa shape index (κ3) is 2.66. The number of hydrazine groups is 1. The lowest BCUT2D eigenvalue weighted by Crippen LogP contribution is -2.49. The van der Waals surface area contributed by atoms with Gasteiger partial charge in [-0.05, 0) is 47.7 Å². The van der Waals surface area contributed by atoms with Gasteiger partial charge in [0.05, 0.1) is 11.1 Å². The number of carbonyl (C=O) groups excluding carboxylic acids is 2. The standard InChI is InChI=1S/C21H15BrN2O4/c22-16-6-5-15-19-13(16)2-1-3-14(19)20(25)24(21(15)26)23-9-8-12-4-7-17-18(10-12)28-11-27-17/h1-7,10,23H,8-9,11H2. The van der Waals surface area contributed by atoms with Gasteiger partial charge in [0.25, 0.3) is 11.8 Å². The van der Waals surface area contributed by atoms with Crippen LogP contribution in [0.1, 0.15) is 26.3 Å². The minimum absolute atomic E-state index is 0.231. The number of carbonyl (C=O) groups is 2. The number of benzene rings is 3. The number of ether oxygens (including phenoxy) is 2. The number of fused-ring (bicyclic) bond motifs is 1. The van der Waals surface area contributed by atoms with Crippen molar-refractivity contribution in [1.29, 1.82) is 0 Å². The van der Waals surface area contributed by atoms with Crippen molar-refractivity contribution < 1.29 is 19.1 Å². The maximum atomic E-state index is 12.9. The fourth-order valence-corrected chi connectivity index (χ4v) is 4.08. The molecule has 6 nitrogen and oxygen atoms in total. The molecular formula is C21H15BrN2O4. The number of halogens is 1. The molecule has 2 amide bonds. The van der Waals surface area contributed by atoms with Gasteiger partial charge in [0.1, 0.15) is 0 Å². The van der Waals surface area contributed by atoms with Gasteiger partial charge in [-0.1, -0.05) is 34.1 Å². The fraction of sp³-hybridized carbons (Fsp3) is 0.143. The second-order valence-corrected chi connectivity index (χ2v) is 7.47. The predicted octanol–water partition coefficient (Wildman–Crippen LogP) is 3.67. The Morgan fingerprint density at radius 2 is 1.75 bits per heavy atom. The molecular weight excluding hydrogens is 424 g/mol. The molecule has 0 bridgehead atoms. The van der Waals surface area contributed by atoms with Gasteiger partial charge in [0.15, 0.2) is 11.5 Å². The molecule has 0 radical (unpaired) electrons. The molecule has 0 fully saturated rings. The SMILES string of the molecule is O=C1c2cccc3c(Br)ccc(c23)C(=O)N1NCCc1ccc2c(c1)OCO2. The van der Waals surface area contributed by atoms with Crippen molar-refractivity contribution in [2.45, 2.75) is 6.42 Å². The maximum absolute atomic E-state index is 12.9. The Bertz CT molecular complexity index is 1120. The molecule has 0 aromatic heterocycles. The Balaban J connectivity index is 1.37. The van der Waals surface area contributed by atoms with Crippen LogP contribution >= 0.6 is 15.9 Å². The Morgan fingerprint density at radius 3 is 2.61 bits per heavy atom. The van der Waals surface area contributed by atoms with Crippen molar-refractivity contribution in [3.8, 4) is 11.5 Å². The molecule has 0 spiro atoms. The van der Waals surface area contributed by atoms with Gasteiger partial charge in [-0.25, -0.2) is 10.4 Å². The highest BCUT2D eigenvalue weighted by molar-refractivity contribution is 9.10. The molecule has 3 aromatic rings. The number of nitrogens with one attached hydrogen (secondary N) is 1.